The molecule has 3 heteroatoms. The SMILES string of the molecule is COc1ccc(-c2ccc3cc[nH]c3c2)c(O)c1. The molecule has 0 bridgehead atoms. The Kier molecular flexibility index (Phi) is 2.45. The third-order valence-electron chi connectivity index (χ3n) is 3.07. The number of ether oxygens (including phenoxy) is 1. The van der Waals surface area contributed by atoms with Gasteiger partial charge in [0.25, 0.3) is 0 Å². The van der Waals surface area contributed by atoms with Crippen LogP contribution in [-0.2, 0) is 0 Å². The minimum Gasteiger partial charge on any atom is -0.507 e. The molecule has 90 valence electrons. The van der Waals surface area contributed by atoms with Gasteiger partial charge in [0.15, 0.2) is 0 Å². The van der Waals surface area contributed by atoms with Crippen molar-refractivity contribution in [3.05, 3.63) is 48.7 Å². The van der Waals surface area contributed by atoms with Crippen molar-refractivity contribution in [2.24, 2.45) is 0 Å². The van der Waals surface area contributed by atoms with Crippen LogP contribution in [0.15, 0.2) is 48.7 Å². The zero-order chi connectivity index (χ0) is 12.5. The fourth-order valence-electron chi connectivity index (χ4n) is 2.10. The van der Waals surface area contributed by atoms with E-state index in [-0.39, 0.29) is 5.75 Å². The Balaban J connectivity index is 2.13. The van der Waals surface area contributed by atoms with E-state index in [0.29, 0.717) is 5.75 Å². The normalized spacial score (nSPS) is 10.7. The predicted molar refractivity (Wildman–Crippen MR) is 72.0 cm³/mol. The molecule has 18 heavy (non-hydrogen) atoms. The first-order chi connectivity index (χ1) is 8.78. The molecule has 0 aliphatic carbocycles. The molecule has 0 saturated heterocycles. The van der Waals surface area contributed by atoms with Crippen molar-refractivity contribution in [2.45, 2.75) is 0 Å². The molecule has 3 aromatic rings. The molecule has 0 atom stereocenters. The van der Waals surface area contributed by atoms with Crippen molar-refractivity contribution in [3.8, 4) is 22.6 Å². The largest absolute Gasteiger partial charge is 0.507 e. The van der Waals surface area contributed by atoms with Crippen LogP contribution in [0, 0.1) is 0 Å². The van der Waals surface area contributed by atoms with Crippen molar-refractivity contribution in [1.29, 1.82) is 0 Å². The lowest BCUT2D eigenvalue weighted by Crippen LogP contribution is -1.84. The average Bonchev–Trinajstić information content (AvgIpc) is 2.85. The fourth-order valence-corrected chi connectivity index (χ4v) is 2.10. The van der Waals surface area contributed by atoms with Crippen molar-refractivity contribution in [1.82, 2.24) is 4.98 Å². The lowest BCUT2D eigenvalue weighted by atomic mass is 10.0. The summed E-state index contributed by atoms with van der Waals surface area (Å²) in [5.41, 5.74) is 2.83. The summed E-state index contributed by atoms with van der Waals surface area (Å²) in [6.45, 7) is 0. The summed E-state index contributed by atoms with van der Waals surface area (Å²) in [4.78, 5) is 3.17. The summed E-state index contributed by atoms with van der Waals surface area (Å²) >= 11 is 0. The second kappa shape index (κ2) is 4.11. The molecule has 1 aromatic heterocycles. The number of hydrogen-bond donors (Lipinski definition) is 2. The number of phenols is 1. The summed E-state index contributed by atoms with van der Waals surface area (Å²) in [5.74, 6) is 0.873. The van der Waals surface area contributed by atoms with Gasteiger partial charge in [-0.25, -0.2) is 0 Å². The first-order valence-electron chi connectivity index (χ1n) is 5.72. The van der Waals surface area contributed by atoms with Gasteiger partial charge in [0.1, 0.15) is 11.5 Å². The highest BCUT2D eigenvalue weighted by atomic mass is 16.5. The van der Waals surface area contributed by atoms with Crippen LogP contribution in [0.2, 0.25) is 0 Å². The second-order valence-corrected chi connectivity index (χ2v) is 4.16. The molecule has 0 amide bonds. The van der Waals surface area contributed by atoms with Gasteiger partial charge in [0.05, 0.1) is 7.11 Å². The van der Waals surface area contributed by atoms with Gasteiger partial charge in [-0.3, -0.25) is 0 Å². The van der Waals surface area contributed by atoms with E-state index < -0.39 is 0 Å². The molecule has 0 saturated carbocycles. The monoisotopic (exact) mass is 239 g/mol. The smallest absolute Gasteiger partial charge is 0.127 e. The molecule has 3 nitrogen and oxygen atoms in total. The minimum atomic E-state index is 0.222. The Labute approximate surface area is 105 Å². The van der Waals surface area contributed by atoms with Crippen LogP contribution in [0.4, 0.5) is 0 Å². The number of H-pyrrole nitrogens is 1. The molecule has 0 spiro atoms. The van der Waals surface area contributed by atoms with Gasteiger partial charge < -0.3 is 14.8 Å². The number of methoxy groups -OCH3 is 1. The van der Waals surface area contributed by atoms with Crippen molar-refractivity contribution < 1.29 is 9.84 Å². The molecular formula is C15H13NO2. The quantitative estimate of drug-likeness (QED) is 0.718. The van der Waals surface area contributed by atoms with Crippen LogP contribution in [0.25, 0.3) is 22.0 Å². The molecule has 0 unspecified atom stereocenters. The van der Waals surface area contributed by atoms with Crippen LogP contribution >= 0.6 is 0 Å². The summed E-state index contributed by atoms with van der Waals surface area (Å²) < 4.78 is 5.08. The molecular weight excluding hydrogens is 226 g/mol. The second-order valence-electron chi connectivity index (χ2n) is 4.16. The standard InChI is InChI=1S/C15H13NO2/c1-18-12-4-5-13(15(17)9-12)11-3-2-10-6-7-16-14(10)8-11/h2-9,16-17H,1H3. The number of rotatable bonds is 2. The van der Waals surface area contributed by atoms with E-state index in [2.05, 4.69) is 4.98 Å². The van der Waals surface area contributed by atoms with Crippen LogP contribution in [0.3, 0.4) is 0 Å². The molecule has 0 fully saturated rings. The Hall–Kier alpha value is -2.42. The molecule has 0 radical (unpaired) electrons. The lowest BCUT2D eigenvalue weighted by Gasteiger charge is -2.07. The summed E-state index contributed by atoms with van der Waals surface area (Å²) in [6, 6.07) is 13.4. The van der Waals surface area contributed by atoms with Crippen LogP contribution in [-0.4, -0.2) is 17.2 Å². The highest BCUT2D eigenvalue weighted by molar-refractivity contribution is 5.86. The van der Waals surface area contributed by atoms with Gasteiger partial charge >= 0.3 is 0 Å². The van der Waals surface area contributed by atoms with Crippen LogP contribution in [0.5, 0.6) is 11.5 Å². The van der Waals surface area contributed by atoms with E-state index >= 15 is 0 Å². The molecule has 0 aliphatic rings. The minimum absolute atomic E-state index is 0.222. The van der Waals surface area contributed by atoms with Crippen LogP contribution in [0.1, 0.15) is 0 Å². The number of benzene rings is 2. The Morgan fingerprint density at radius 2 is 1.94 bits per heavy atom. The number of fused-ring (bicyclic) bond motifs is 1. The van der Waals surface area contributed by atoms with E-state index in [9.17, 15) is 5.11 Å². The highest BCUT2D eigenvalue weighted by Crippen LogP contribution is 2.33. The fraction of sp³-hybridized carbons (Fsp3) is 0.0667. The van der Waals surface area contributed by atoms with Gasteiger partial charge in [-0.15, -0.1) is 0 Å². The first-order valence-corrected chi connectivity index (χ1v) is 5.72. The van der Waals surface area contributed by atoms with Gasteiger partial charge in [-0.2, -0.15) is 0 Å². The maximum absolute atomic E-state index is 10.0. The van der Waals surface area contributed by atoms with Gasteiger partial charge in [0, 0.05) is 23.3 Å². The predicted octanol–water partition coefficient (Wildman–Crippen LogP) is 3.55. The zero-order valence-electron chi connectivity index (χ0n) is 9.97. The van der Waals surface area contributed by atoms with Gasteiger partial charge in [0.2, 0.25) is 0 Å². The van der Waals surface area contributed by atoms with Crippen LogP contribution < -0.4 is 4.74 Å². The number of hydrogen-bond acceptors (Lipinski definition) is 2. The molecule has 2 aromatic carbocycles. The van der Waals surface area contributed by atoms with E-state index in [4.69, 9.17) is 4.74 Å². The summed E-state index contributed by atoms with van der Waals surface area (Å²) in [7, 11) is 1.58. The molecule has 3 rings (SSSR count). The topological polar surface area (TPSA) is 45.2 Å². The van der Waals surface area contributed by atoms with E-state index in [0.717, 1.165) is 22.0 Å². The van der Waals surface area contributed by atoms with E-state index in [1.54, 1.807) is 13.2 Å². The number of aromatic hydroxyl groups is 1. The Morgan fingerprint density at radius 1 is 1.06 bits per heavy atom. The zero-order valence-corrected chi connectivity index (χ0v) is 9.97. The van der Waals surface area contributed by atoms with E-state index in [1.165, 1.54) is 0 Å². The summed E-state index contributed by atoms with van der Waals surface area (Å²) in [6.07, 6.45) is 1.91. The maximum Gasteiger partial charge on any atom is 0.127 e. The molecule has 1 heterocycles. The number of phenolic OH excluding ortho intramolecular Hbond substituents is 1. The highest BCUT2D eigenvalue weighted by Gasteiger charge is 2.06. The maximum atomic E-state index is 10.0. The number of nitrogens with one attached hydrogen (secondary N) is 1. The van der Waals surface area contributed by atoms with Crippen molar-refractivity contribution in [2.75, 3.05) is 7.11 Å². The third-order valence-corrected chi connectivity index (χ3v) is 3.07. The number of aromatic nitrogens is 1. The lowest BCUT2D eigenvalue weighted by molar-refractivity contribution is 0.408. The molecule has 2 N–H and O–H groups in total. The van der Waals surface area contributed by atoms with Crippen molar-refractivity contribution >= 4 is 10.9 Å². The van der Waals surface area contributed by atoms with Gasteiger partial charge in [-0.05, 0) is 35.2 Å². The first kappa shape index (κ1) is 10.7. The van der Waals surface area contributed by atoms with Crippen molar-refractivity contribution in [3.63, 3.8) is 0 Å². The Bertz CT molecular complexity index is 701. The van der Waals surface area contributed by atoms with Gasteiger partial charge in [-0.1, -0.05) is 12.1 Å². The Morgan fingerprint density at radius 3 is 2.72 bits per heavy atom. The third kappa shape index (κ3) is 1.70. The average molecular weight is 239 g/mol. The van der Waals surface area contributed by atoms with E-state index in [1.807, 2.05) is 42.6 Å². The number of aromatic amines is 1. The summed E-state index contributed by atoms with van der Waals surface area (Å²) in [5, 5.41) is 11.2. The molecule has 0 aliphatic heterocycles.